The van der Waals surface area contributed by atoms with Crippen LogP contribution in [-0.4, -0.2) is 36.9 Å². The maximum atomic E-state index is 11.9. The second-order valence-electron chi connectivity index (χ2n) is 6.18. The van der Waals surface area contributed by atoms with Gasteiger partial charge in [0.2, 0.25) is 11.8 Å². The van der Waals surface area contributed by atoms with E-state index in [-0.39, 0.29) is 18.2 Å². The molecule has 0 saturated heterocycles. The van der Waals surface area contributed by atoms with E-state index in [1.807, 2.05) is 73.5 Å². The van der Waals surface area contributed by atoms with Gasteiger partial charge in [-0.2, -0.15) is 0 Å². The lowest BCUT2D eigenvalue weighted by molar-refractivity contribution is -0.122. The number of aryl methyl sites for hydroxylation is 1. The number of amides is 2. The lowest BCUT2D eigenvalue weighted by Crippen LogP contribution is -2.36. The standard InChI is InChI=1S/C20H25N3O2/c1-16-7-6-10-18(13-16)22-19(24)11-12-21-20(25)15-23(2)14-17-8-4-3-5-9-17/h3-10,13H,11-12,14-15H2,1-2H3,(H,21,25)(H,22,24). The molecule has 0 aliphatic carbocycles. The van der Waals surface area contributed by atoms with Crippen molar-refractivity contribution in [3.05, 3.63) is 65.7 Å². The molecular formula is C20H25N3O2. The van der Waals surface area contributed by atoms with E-state index in [4.69, 9.17) is 0 Å². The van der Waals surface area contributed by atoms with Crippen molar-refractivity contribution >= 4 is 17.5 Å². The van der Waals surface area contributed by atoms with Crippen LogP contribution in [0.3, 0.4) is 0 Å². The predicted octanol–water partition coefficient (Wildman–Crippen LogP) is 2.57. The smallest absolute Gasteiger partial charge is 0.234 e. The quantitative estimate of drug-likeness (QED) is 0.777. The van der Waals surface area contributed by atoms with E-state index in [1.165, 1.54) is 0 Å². The van der Waals surface area contributed by atoms with Crippen LogP contribution in [0, 0.1) is 6.92 Å². The van der Waals surface area contributed by atoms with E-state index >= 15 is 0 Å². The van der Waals surface area contributed by atoms with E-state index in [1.54, 1.807) is 0 Å². The van der Waals surface area contributed by atoms with Gasteiger partial charge in [0.15, 0.2) is 0 Å². The molecule has 2 amide bonds. The Labute approximate surface area is 149 Å². The molecule has 0 aliphatic rings. The zero-order valence-corrected chi connectivity index (χ0v) is 14.8. The average molecular weight is 339 g/mol. The molecular weight excluding hydrogens is 314 g/mol. The summed E-state index contributed by atoms with van der Waals surface area (Å²) in [5, 5.41) is 5.62. The van der Waals surface area contributed by atoms with Crippen LogP contribution in [0.1, 0.15) is 17.5 Å². The minimum atomic E-state index is -0.108. The highest BCUT2D eigenvalue weighted by molar-refractivity contribution is 5.91. The number of anilines is 1. The highest BCUT2D eigenvalue weighted by Crippen LogP contribution is 2.09. The van der Waals surface area contributed by atoms with Gasteiger partial charge in [0.25, 0.3) is 0 Å². The fourth-order valence-corrected chi connectivity index (χ4v) is 2.51. The van der Waals surface area contributed by atoms with Crippen molar-refractivity contribution in [3.63, 3.8) is 0 Å². The maximum Gasteiger partial charge on any atom is 0.234 e. The molecule has 2 N–H and O–H groups in total. The molecule has 2 aromatic carbocycles. The summed E-state index contributed by atoms with van der Waals surface area (Å²) in [5.74, 6) is -0.190. The number of hydrogen-bond donors (Lipinski definition) is 2. The first-order chi connectivity index (χ1) is 12.0. The molecule has 2 aromatic rings. The molecule has 25 heavy (non-hydrogen) atoms. The number of nitrogens with zero attached hydrogens (tertiary/aromatic N) is 1. The van der Waals surface area contributed by atoms with Crippen LogP contribution in [-0.2, 0) is 16.1 Å². The molecule has 0 spiro atoms. The summed E-state index contributed by atoms with van der Waals surface area (Å²) in [4.78, 5) is 25.8. The number of rotatable bonds is 8. The Balaban J connectivity index is 1.65. The summed E-state index contributed by atoms with van der Waals surface area (Å²) in [6.45, 7) is 3.31. The summed E-state index contributed by atoms with van der Waals surface area (Å²) in [7, 11) is 1.90. The van der Waals surface area contributed by atoms with E-state index in [9.17, 15) is 9.59 Å². The first kappa shape index (κ1) is 18.7. The Bertz CT molecular complexity index is 701. The van der Waals surface area contributed by atoms with Crippen LogP contribution in [0.2, 0.25) is 0 Å². The van der Waals surface area contributed by atoms with E-state index < -0.39 is 0 Å². The van der Waals surface area contributed by atoms with E-state index in [0.29, 0.717) is 19.6 Å². The van der Waals surface area contributed by atoms with Crippen LogP contribution in [0.15, 0.2) is 54.6 Å². The molecule has 0 atom stereocenters. The highest BCUT2D eigenvalue weighted by Gasteiger charge is 2.08. The van der Waals surface area contributed by atoms with Crippen molar-refractivity contribution in [2.45, 2.75) is 19.9 Å². The molecule has 0 fully saturated rings. The van der Waals surface area contributed by atoms with Gasteiger partial charge >= 0.3 is 0 Å². The SMILES string of the molecule is Cc1cccc(NC(=O)CCNC(=O)CN(C)Cc2ccccc2)c1. The summed E-state index contributed by atoms with van der Waals surface area (Å²) in [6, 6.07) is 17.6. The first-order valence-electron chi connectivity index (χ1n) is 8.38. The van der Waals surface area contributed by atoms with Crippen molar-refractivity contribution in [1.82, 2.24) is 10.2 Å². The number of hydrogen-bond acceptors (Lipinski definition) is 3. The lowest BCUT2D eigenvalue weighted by atomic mass is 10.2. The van der Waals surface area contributed by atoms with Crippen molar-refractivity contribution in [1.29, 1.82) is 0 Å². The molecule has 0 saturated carbocycles. The summed E-state index contributed by atoms with van der Waals surface area (Å²) >= 11 is 0. The van der Waals surface area contributed by atoms with Gasteiger partial charge in [-0.3, -0.25) is 14.5 Å². The van der Waals surface area contributed by atoms with Crippen LogP contribution in [0.25, 0.3) is 0 Å². The third-order valence-electron chi connectivity index (χ3n) is 3.68. The zero-order chi connectivity index (χ0) is 18.1. The van der Waals surface area contributed by atoms with Crippen LogP contribution >= 0.6 is 0 Å². The van der Waals surface area contributed by atoms with Crippen LogP contribution in [0.5, 0.6) is 0 Å². The maximum absolute atomic E-state index is 11.9. The topological polar surface area (TPSA) is 61.4 Å². The molecule has 0 aliphatic heterocycles. The van der Waals surface area contributed by atoms with Crippen molar-refractivity contribution in [3.8, 4) is 0 Å². The molecule has 0 radical (unpaired) electrons. The Morgan fingerprint density at radius 2 is 1.76 bits per heavy atom. The highest BCUT2D eigenvalue weighted by atomic mass is 16.2. The fourth-order valence-electron chi connectivity index (χ4n) is 2.51. The van der Waals surface area contributed by atoms with Crippen molar-refractivity contribution in [2.24, 2.45) is 0 Å². The summed E-state index contributed by atoms with van der Waals surface area (Å²) < 4.78 is 0. The Morgan fingerprint density at radius 3 is 2.48 bits per heavy atom. The van der Waals surface area contributed by atoms with Gasteiger partial charge in [0, 0.05) is 25.2 Å². The van der Waals surface area contributed by atoms with Gasteiger partial charge in [-0.25, -0.2) is 0 Å². The molecule has 2 rings (SSSR count). The van der Waals surface area contributed by atoms with Gasteiger partial charge < -0.3 is 10.6 Å². The molecule has 0 unspecified atom stereocenters. The molecule has 132 valence electrons. The van der Waals surface area contributed by atoms with E-state index in [0.717, 1.165) is 16.8 Å². The van der Waals surface area contributed by atoms with Gasteiger partial charge in [-0.1, -0.05) is 42.5 Å². The number of carbonyl (C=O) groups is 2. The second-order valence-corrected chi connectivity index (χ2v) is 6.18. The summed E-state index contributed by atoms with van der Waals surface area (Å²) in [5.41, 5.74) is 3.03. The molecule has 0 heterocycles. The third-order valence-corrected chi connectivity index (χ3v) is 3.68. The third kappa shape index (κ3) is 7.18. The minimum absolute atomic E-state index is 0.0817. The van der Waals surface area contributed by atoms with Crippen LogP contribution in [0.4, 0.5) is 5.69 Å². The fraction of sp³-hybridized carbons (Fsp3) is 0.300. The number of likely N-dealkylation sites (N-methyl/N-ethyl adjacent to an activating group) is 1. The molecule has 0 bridgehead atoms. The first-order valence-corrected chi connectivity index (χ1v) is 8.38. The Morgan fingerprint density at radius 1 is 1.00 bits per heavy atom. The largest absolute Gasteiger partial charge is 0.354 e. The second kappa shape index (κ2) is 9.59. The monoisotopic (exact) mass is 339 g/mol. The van der Waals surface area contributed by atoms with Gasteiger partial charge in [-0.15, -0.1) is 0 Å². The number of benzene rings is 2. The zero-order valence-electron chi connectivity index (χ0n) is 14.8. The Kier molecular flexibility index (Phi) is 7.16. The van der Waals surface area contributed by atoms with Gasteiger partial charge in [0.1, 0.15) is 0 Å². The van der Waals surface area contributed by atoms with Crippen molar-refractivity contribution in [2.75, 3.05) is 25.5 Å². The normalized spacial score (nSPS) is 10.5. The molecule has 5 nitrogen and oxygen atoms in total. The number of carbonyl (C=O) groups excluding carboxylic acids is 2. The van der Waals surface area contributed by atoms with Crippen molar-refractivity contribution < 1.29 is 9.59 Å². The predicted molar refractivity (Wildman–Crippen MR) is 100 cm³/mol. The molecule has 0 aromatic heterocycles. The van der Waals surface area contributed by atoms with Crippen LogP contribution < -0.4 is 10.6 Å². The molecule has 5 heteroatoms. The Hall–Kier alpha value is -2.66. The lowest BCUT2D eigenvalue weighted by Gasteiger charge is -2.16. The van der Waals surface area contributed by atoms with Gasteiger partial charge in [0.05, 0.1) is 6.54 Å². The summed E-state index contributed by atoms with van der Waals surface area (Å²) in [6.07, 6.45) is 0.252. The van der Waals surface area contributed by atoms with E-state index in [2.05, 4.69) is 10.6 Å². The average Bonchev–Trinajstić information content (AvgIpc) is 2.55. The minimum Gasteiger partial charge on any atom is -0.354 e. The van der Waals surface area contributed by atoms with Gasteiger partial charge in [-0.05, 0) is 37.2 Å². The number of nitrogens with one attached hydrogen (secondary N) is 2.